The molecule has 0 radical (unpaired) electrons. The van der Waals surface area contributed by atoms with Crippen LogP contribution in [0, 0.1) is 0 Å². The summed E-state index contributed by atoms with van der Waals surface area (Å²) in [6.07, 6.45) is 0. The van der Waals surface area contributed by atoms with E-state index in [1.165, 1.54) is 10.4 Å². The van der Waals surface area contributed by atoms with Gasteiger partial charge in [-0.3, -0.25) is 4.90 Å². The second kappa shape index (κ2) is 7.45. The first kappa shape index (κ1) is 16.5. The maximum Gasteiger partial charge on any atom is 0.124 e. The van der Waals surface area contributed by atoms with Crippen LogP contribution in [0.1, 0.15) is 16.5 Å². The summed E-state index contributed by atoms with van der Waals surface area (Å²) in [5.74, 6) is 0.941. The molecule has 1 aromatic carbocycles. The number of hydrogen-bond donors (Lipinski definition) is 1. The van der Waals surface area contributed by atoms with Crippen LogP contribution in [0.4, 0.5) is 0 Å². The number of thiophene rings is 1. The van der Waals surface area contributed by atoms with Gasteiger partial charge in [-0.1, -0.05) is 15.9 Å². The van der Waals surface area contributed by atoms with Gasteiger partial charge in [0.2, 0.25) is 0 Å². The van der Waals surface area contributed by atoms with E-state index in [2.05, 4.69) is 60.3 Å². The molecule has 3 rings (SSSR count). The summed E-state index contributed by atoms with van der Waals surface area (Å²) in [6.45, 7) is 4.13. The second-order valence-corrected chi connectivity index (χ2v) is 8.63. The van der Waals surface area contributed by atoms with Crippen molar-refractivity contribution < 1.29 is 4.74 Å². The summed E-state index contributed by atoms with van der Waals surface area (Å²) >= 11 is 8.99. The Balaban J connectivity index is 2.06. The standard InChI is InChI=1S/C16H18Br2N2OS/c1-21-13-3-2-11(17)10-12(13)16(14-4-5-15(18)22-14)20-8-6-19-7-9-20/h2-5,10,16,19H,6-9H2,1H3. The van der Waals surface area contributed by atoms with Crippen LogP contribution in [0.25, 0.3) is 0 Å². The lowest BCUT2D eigenvalue weighted by molar-refractivity contribution is 0.197. The predicted molar refractivity (Wildman–Crippen MR) is 99.0 cm³/mol. The zero-order chi connectivity index (χ0) is 15.5. The minimum absolute atomic E-state index is 0.228. The average Bonchev–Trinajstić information content (AvgIpc) is 2.95. The number of nitrogens with zero attached hydrogens (tertiary/aromatic N) is 1. The Morgan fingerprint density at radius 2 is 1.95 bits per heavy atom. The van der Waals surface area contributed by atoms with Crippen LogP contribution in [-0.4, -0.2) is 38.2 Å². The van der Waals surface area contributed by atoms with Crippen molar-refractivity contribution in [2.24, 2.45) is 0 Å². The van der Waals surface area contributed by atoms with Crippen molar-refractivity contribution in [3.05, 3.63) is 49.0 Å². The third-order valence-electron chi connectivity index (χ3n) is 3.87. The molecular weight excluding hydrogens is 428 g/mol. The summed E-state index contributed by atoms with van der Waals surface area (Å²) in [5, 5.41) is 3.43. The molecule has 1 fully saturated rings. The van der Waals surface area contributed by atoms with E-state index in [4.69, 9.17) is 4.74 Å². The van der Waals surface area contributed by atoms with Gasteiger partial charge in [-0.05, 0) is 46.3 Å². The summed E-state index contributed by atoms with van der Waals surface area (Å²) in [7, 11) is 1.74. The van der Waals surface area contributed by atoms with Gasteiger partial charge in [-0.15, -0.1) is 11.3 Å². The minimum atomic E-state index is 0.228. The molecule has 0 amide bonds. The Labute approximate surface area is 151 Å². The lowest BCUT2D eigenvalue weighted by atomic mass is 10.0. The largest absolute Gasteiger partial charge is 0.496 e. The van der Waals surface area contributed by atoms with Crippen molar-refractivity contribution in [3.8, 4) is 5.75 Å². The van der Waals surface area contributed by atoms with Gasteiger partial charge in [-0.2, -0.15) is 0 Å². The van der Waals surface area contributed by atoms with Crippen molar-refractivity contribution in [1.29, 1.82) is 0 Å². The molecule has 2 heterocycles. The normalized spacial score (nSPS) is 17.4. The number of ether oxygens (including phenoxy) is 1. The SMILES string of the molecule is COc1ccc(Br)cc1C(c1ccc(Br)s1)N1CCNCC1. The van der Waals surface area contributed by atoms with Gasteiger partial charge in [0.25, 0.3) is 0 Å². The van der Waals surface area contributed by atoms with Gasteiger partial charge in [0, 0.05) is 41.1 Å². The van der Waals surface area contributed by atoms with Gasteiger partial charge in [0.15, 0.2) is 0 Å². The van der Waals surface area contributed by atoms with Gasteiger partial charge in [0.05, 0.1) is 16.9 Å². The van der Waals surface area contributed by atoms with E-state index in [1.54, 1.807) is 18.4 Å². The van der Waals surface area contributed by atoms with Crippen LogP contribution < -0.4 is 10.1 Å². The maximum atomic E-state index is 5.63. The number of halogens is 2. The monoisotopic (exact) mass is 444 g/mol. The zero-order valence-electron chi connectivity index (χ0n) is 12.3. The molecule has 0 bridgehead atoms. The van der Waals surface area contributed by atoms with Crippen LogP contribution in [0.5, 0.6) is 5.75 Å². The smallest absolute Gasteiger partial charge is 0.124 e. The molecule has 118 valence electrons. The summed E-state index contributed by atoms with van der Waals surface area (Å²) in [4.78, 5) is 3.86. The van der Waals surface area contributed by atoms with E-state index in [0.717, 1.165) is 40.2 Å². The Morgan fingerprint density at radius 3 is 2.59 bits per heavy atom. The summed E-state index contributed by atoms with van der Waals surface area (Å²) < 4.78 is 7.88. The van der Waals surface area contributed by atoms with E-state index < -0.39 is 0 Å². The Hall–Kier alpha value is -0.400. The predicted octanol–water partition coefficient (Wildman–Crippen LogP) is 4.28. The number of rotatable bonds is 4. The number of benzene rings is 1. The van der Waals surface area contributed by atoms with Crippen LogP contribution in [-0.2, 0) is 0 Å². The topological polar surface area (TPSA) is 24.5 Å². The van der Waals surface area contributed by atoms with Crippen molar-refractivity contribution in [2.45, 2.75) is 6.04 Å². The van der Waals surface area contributed by atoms with Crippen LogP contribution >= 0.6 is 43.2 Å². The first-order valence-electron chi connectivity index (χ1n) is 7.22. The van der Waals surface area contributed by atoms with E-state index in [-0.39, 0.29) is 6.04 Å². The quantitative estimate of drug-likeness (QED) is 0.760. The lowest BCUT2D eigenvalue weighted by Gasteiger charge is -2.35. The molecule has 1 N–H and O–H groups in total. The average molecular weight is 446 g/mol. The van der Waals surface area contributed by atoms with Crippen molar-refractivity contribution in [3.63, 3.8) is 0 Å². The fourth-order valence-electron chi connectivity index (χ4n) is 2.86. The highest BCUT2D eigenvalue weighted by molar-refractivity contribution is 9.11. The molecule has 0 spiro atoms. The van der Waals surface area contributed by atoms with E-state index in [1.807, 2.05) is 12.1 Å². The van der Waals surface area contributed by atoms with Crippen LogP contribution in [0.3, 0.4) is 0 Å². The first-order valence-corrected chi connectivity index (χ1v) is 9.62. The number of hydrogen-bond acceptors (Lipinski definition) is 4. The molecule has 3 nitrogen and oxygen atoms in total. The van der Waals surface area contributed by atoms with Crippen LogP contribution in [0.15, 0.2) is 38.6 Å². The molecule has 2 aromatic rings. The highest BCUT2D eigenvalue weighted by Crippen LogP contribution is 2.40. The molecule has 1 unspecified atom stereocenters. The fourth-order valence-corrected chi connectivity index (χ4v) is 4.82. The summed E-state index contributed by atoms with van der Waals surface area (Å²) in [5.41, 5.74) is 1.22. The zero-order valence-corrected chi connectivity index (χ0v) is 16.3. The number of piperazine rings is 1. The van der Waals surface area contributed by atoms with Crippen molar-refractivity contribution >= 4 is 43.2 Å². The Morgan fingerprint density at radius 1 is 1.18 bits per heavy atom. The molecular formula is C16H18Br2N2OS. The van der Waals surface area contributed by atoms with Gasteiger partial charge in [-0.25, -0.2) is 0 Å². The van der Waals surface area contributed by atoms with Crippen molar-refractivity contribution in [1.82, 2.24) is 10.2 Å². The number of nitrogens with one attached hydrogen (secondary N) is 1. The minimum Gasteiger partial charge on any atom is -0.496 e. The fraction of sp³-hybridized carbons (Fsp3) is 0.375. The third-order valence-corrected chi connectivity index (χ3v) is 6.04. The summed E-state index contributed by atoms with van der Waals surface area (Å²) in [6, 6.07) is 10.8. The van der Waals surface area contributed by atoms with Crippen LogP contribution in [0.2, 0.25) is 0 Å². The molecule has 1 saturated heterocycles. The molecule has 1 aromatic heterocycles. The van der Waals surface area contributed by atoms with E-state index >= 15 is 0 Å². The van der Waals surface area contributed by atoms with E-state index in [9.17, 15) is 0 Å². The first-order chi connectivity index (χ1) is 10.7. The second-order valence-electron chi connectivity index (χ2n) is 5.22. The van der Waals surface area contributed by atoms with E-state index in [0.29, 0.717) is 0 Å². The molecule has 0 aliphatic carbocycles. The third kappa shape index (κ3) is 3.57. The lowest BCUT2D eigenvalue weighted by Crippen LogP contribution is -2.45. The Bertz CT molecular complexity index is 641. The Kier molecular flexibility index (Phi) is 5.57. The highest BCUT2D eigenvalue weighted by atomic mass is 79.9. The molecule has 1 atom stereocenters. The molecule has 0 saturated carbocycles. The van der Waals surface area contributed by atoms with Crippen molar-refractivity contribution in [2.75, 3.05) is 33.3 Å². The van der Waals surface area contributed by atoms with Gasteiger partial charge >= 0.3 is 0 Å². The van der Waals surface area contributed by atoms with Gasteiger partial charge in [0.1, 0.15) is 5.75 Å². The molecule has 1 aliphatic heterocycles. The molecule has 6 heteroatoms. The molecule has 22 heavy (non-hydrogen) atoms. The maximum absolute atomic E-state index is 5.63. The highest BCUT2D eigenvalue weighted by Gasteiger charge is 2.27. The molecule has 1 aliphatic rings. The number of methoxy groups -OCH3 is 1. The van der Waals surface area contributed by atoms with Gasteiger partial charge < -0.3 is 10.1 Å².